The van der Waals surface area contributed by atoms with Gasteiger partial charge in [-0.25, -0.2) is 9.78 Å². The Hall–Kier alpha value is -3.25. The number of hydrogen-bond acceptors (Lipinski definition) is 5. The largest absolute Gasteiger partial charge is 0.462 e. The van der Waals surface area contributed by atoms with E-state index in [1.165, 1.54) is 22.5 Å². The van der Waals surface area contributed by atoms with Crippen molar-refractivity contribution >= 4 is 27.5 Å². The predicted molar refractivity (Wildman–Crippen MR) is 125 cm³/mol. The third kappa shape index (κ3) is 4.30. The number of aryl methyl sites for hydroxylation is 2. The van der Waals surface area contributed by atoms with Gasteiger partial charge in [0.15, 0.2) is 0 Å². The molecule has 2 heterocycles. The summed E-state index contributed by atoms with van der Waals surface area (Å²) in [7, 11) is 0. The number of esters is 1. The maximum absolute atomic E-state index is 13.3. The molecule has 0 radical (unpaired) electrons. The fourth-order valence-electron chi connectivity index (χ4n) is 3.42. The standard InChI is InChI=1S/C25H24N2O3S/c1-4-11-30-25(29)19-9-6-18(7-10-19)13-27-15-26-23-22(24(27)28)21(14-31-23)20-8-5-16(2)17(3)12-20/h5-10,12,14-15H,4,11,13H2,1-3H3. The highest BCUT2D eigenvalue weighted by molar-refractivity contribution is 7.17. The summed E-state index contributed by atoms with van der Waals surface area (Å²) in [5.74, 6) is -0.329. The molecule has 2 aromatic heterocycles. The summed E-state index contributed by atoms with van der Waals surface area (Å²) >= 11 is 1.48. The Morgan fingerprint density at radius 3 is 2.58 bits per heavy atom. The lowest BCUT2D eigenvalue weighted by molar-refractivity contribution is 0.0505. The molecule has 0 aliphatic heterocycles. The molecule has 0 amide bonds. The van der Waals surface area contributed by atoms with Gasteiger partial charge < -0.3 is 4.74 Å². The number of thiophene rings is 1. The molecule has 0 spiro atoms. The number of carbonyl (C=O) groups excluding carboxylic acids is 1. The monoisotopic (exact) mass is 432 g/mol. The highest BCUT2D eigenvalue weighted by Gasteiger charge is 2.14. The number of aromatic nitrogens is 2. The molecule has 4 rings (SSSR count). The fourth-order valence-corrected chi connectivity index (χ4v) is 4.33. The highest BCUT2D eigenvalue weighted by atomic mass is 32.1. The number of fused-ring (bicyclic) bond motifs is 1. The lowest BCUT2D eigenvalue weighted by atomic mass is 10.0. The van der Waals surface area contributed by atoms with E-state index in [9.17, 15) is 9.59 Å². The third-order valence-corrected chi connectivity index (χ3v) is 6.24. The van der Waals surface area contributed by atoms with E-state index < -0.39 is 0 Å². The van der Waals surface area contributed by atoms with Crippen molar-refractivity contribution in [1.82, 2.24) is 9.55 Å². The van der Waals surface area contributed by atoms with Gasteiger partial charge in [0.25, 0.3) is 5.56 Å². The average Bonchev–Trinajstić information content (AvgIpc) is 3.21. The van der Waals surface area contributed by atoms with E-state index in [1.807, 2.05) is 24.4 Å². The maximum Gasteiger partial charge on any atom is 0.338 e. The van der Waals surface area contributed by atoms with Crippen molar-refractivity contribution in [3.8, 4) is 11.1 Å². The minimum absolute atomic E-state index is 0.0640. The van der Waals surface area contributed by atoms with E-state index in [-0.39, 0.29) is 11.5 Å². The first-order chi connectivity index (χ1) is 15.0. The molecule has 0 aliphatic rings. The Morgan fingerprint density at radius 1 is 1.10 bits per heavy atom. The van der Waals surface area contributed by atoms with Crippen molar-refractivity contribution in [2.45, 2.75) is 33.7 Å². The molecule has 5 nitrogen and oxygen atoms in total. The van der Waals surface area contributed by atoms with Crippen molar-refractivity contribution in [3.63, 3.8) is 0 Å². The minimum atomic E-state index is -0.329. The number of rotatable bonds is 6. The maximum atomic E-state index is 13.3. The van der Waals surface area contributed by atoms with E-state index >= 15 is 0 Å². The molecule has 0 atom stereocenters. The molecule has 0 saturated heterocycles. The number of benzene rings is 2. The van der Waals surface area contributed by atoms with Crippen molar-refractivity contribution in [1.29, 1.82) is 0 Å². The van der Waals surface area contributed by atoms with Crippen molar-refractivity contribution < 1.29 is 9.53 Å². The Balaban J connectivity index is 1.65. The number of ether oxygens (including phenoxy) is 1. The second-order valence-electron chi connectivity index (χ2n) is 7.64. The quantitative estimate of drug-likeness (QED) is 0.385. The van der Waals surface area contributed by atoms with Crippen LogP contribution in [-0.2, 0) is 11.3 Å². The molecule has 0 bridgehead atoms. The summed E-state index contributed by atoms with van der Waals surface area (Å²) in [6.07, 6.45) is 2.38. The van der Waals surface area contributed by atoms with Gasteiger partial charge in [-0.2, -0.15) is 0 Å². The van der Waals surface area contributed by atoms with Crippen LogP contribution in [0.1, 0.15) is 40.4 Å². The van der Waals surface area contributed by atoms with Gasteiger partial charge in [0, 0.05) is 10.9 Å². The Morgan fingerprint density at radius 2 is 1.87 bits per heavy atom. The second-order valence-corrected chi connectivity index (χ2v) is 8.50. The normalized spacial score (nSPS) is 11.1. The first-order valence-electron chi connectivity index (χ1n) is 10.3. The van der Waals surface area contributed by atoms with Gasteiger partial charge in [0.1, 0.15) is 4.83 Å². The summed E-state index contributed by atoms with van der Waals surface area (Å²) in [6.45, 7) is 6.90. The zero-order chi connectivity index (χ0) is 22.0. The Kier molecular flexibility index (Phi) is 6.00. The van der Waals surface area contributed by atoms with Crippen LogP contribution in [0.5, 0.6) is 0 Å². The van der Waals surface area contributed by atoms with Crippen molar-refractivity contribution in [2.24, 2.45) is 0 Å². The van der Waals surface area contributed by atoms with Crippen LogP contribution in [0, 0.1) is 13.8 Å². The summed E-state index contributed by atoms with van der Waals surface area (Å²) in [4.78, 5) is 30.5. The van der Waals surface area contributed by atoms with Gasteiger partial charge in [-0.15, -0.1) is 11.3 Å². The molecular weight excluding hydrogens is 408 g/mol. The molecule has 31 heavy (non-hydrogen) atoms. The summed E-state index contributed by atoms with van der Waals surface area (Å²) in [5, 5.41) is 2.65. The Bertz CT molecular complexity index is 1300. The van der Waals surface area contributed by atoms with Crippen LogP contribution in [-0.4, -0.2) is 22.1 Å². The molecule has 0 unspecified atom stereocenters. The molecule has 158 valence electrons. The van der Waals surface area contributed by atoms with Crippen LogP contribution in [0.3, 0.4) is 0 Å². The van der Waals surface area contributed by atoms with E-state index in [0.717, 1.165) is 27.9 Å². The smallest absolute Gasteiger partial charge is 0.338 e. The van der Waals surface area contributed by atoms with Gasteiger partial charge in [0.2, 0.25) is 0 Å². The van der Waals surface area contributed by atoms with E-state index in [0.29, 0.717) is 24.1 Å². The van der Waals surface area contributed by atoms with Gasteiger partial charge in [-0.1, -0.05) is 37.3 Å². The third-order valence-electron chi connectivity index (χ3n) is 5.36. The molecule has 4 aromatic rings. The average molecular weight is 433 g/mol. The number of nitrogens with zero attached hydrogens (tertiary/aromatic N) is 2. The van der Waals surface area contributed by atoms with Gasteiger partial charge in [-0.3, -0.25) is 9.36 Å². The summed E-state index contributed by atoms with van der Waals surface area (Å²) in [5.41, 5.74) is 5.72. The van der Waals surface area contributed by atoms with Gasteiger partial charge in [0.05, 0.1) is 30.4 Å². The molecular formula is C25H24N2O3S. The zero-order valence-corrected chi connectivity index (χ0v) is 18.7. The lowest BCUT2D eigenvalue weighted by Crippen LogP contribution is -2.21. The molecule has 2 aromatic carbocycles. The fraction of sp³-hybridized carbons (Fsp3) is 0.240. The van der Waals surface area contributed by atoms with Crippen molar-refractivity contribution in [2.75, 3.05) is 6.61 Å². The second kappa shape index (κ2) is 8.86. The zero-order valence-electron chi connectivity index (χ0n) is 17.8. The van der Waals surface area contributed by atoms with E-state index in [4.69, 9.17) is 4.74 Å². The topological polar surface area (TPSA) is 61.2 Å². The summed E-state index contributed by atoms with van der Waals surface area (Å²) in [6, 6.07) is 13.4. The van der Waals surface area contributed by atoms with Crippen LogP contribution in [0.4, 0.5) is 0 Å². The first-order valence-corrected chi connectivity index (χ1v) is 11.2. The predicted octanol–water partition coefficient (Wildman–Crippen LogP) is 5.36. The molecule has 0 aliphatic carbocycles. The van der Waals surface area contributed by atoms with Gasteiger partial charge >= 0.3 is 5.97 Å². The van der Waals surface area contributed by atoms with Crippen LogP contribution in [0.15, 0.2) is 59.0 Å². The molecule has 0 saturated carbocycles. The van der Waals surface area contributed by atoms with Crippen LogP contribution >= 0.6 is 11.3 Å². The highest BCUT2D eigenvalue weighted by Crippen LogP contribution is 2.31. The van der Waals surface area contributed by atoms with E-state index in [1.54, 1.807) is 23.0 Å². The number of carbonyl (C=O) groups is 1. The van der Waals surface area contributed by atoms with E-state index in [2.05, 4.69) is 37.0 Å². The van der Waals surface area contributed by atoms with Crippen LogP contribution in [0.2, 0.25) is 0 Å². The molecule has 0 fully saturated rings. The molecule has 0 N–H and O–H groups in total. The van der Waals surface area contributed by atoms with Crippen LogP contribution in [0.25, 0.3) is 21.3 Å². The minimum Gasteiger partial charge on any atom is -0.462 e. The molecule has 6 heteroatoms. The van der Waals surface area contributed by atoms with Gasteiger partial charge in [-0.05, 0) is 54.7 Å². The summed E-state index contributed by atoms with van der Waals surface area (Å²) < 4.78 is 6.78. The van der Waals surface area contributed by atoms with Crippen LogP contribution < -0.4 is 5.56 Å². The lowest BCUT2D eigenvalue weighted by Gasteiger charge is -2.08. The number of hydrogen-bond donors (Lipinski definition) is 0. The Labute approximate surface area is 185 Å². The SMILES string of the molecule is CCCOC(=O)c1ccc(Cn2cnc3scc(-c4ccc(C)c(C)c4)c3c2=O)cc1. The first kappa shape index (κ1) is 21.0. The van der Waals surface area contributed by atoms with Crippen molar-refractivity contribution in [3.05, 3.63) is 86.8 Å².